The number of carbonyl (C=O) groups is 2. The average molecular weight is 445 g/mol. The van der Waals surface area contributed by atoms with Crippen LogP contribution in [0.2, 0.25) is 0 Å². The fourth-order valence-corrected chi connectivity index (χ4v) is 5.78. The van der Waals surface area contributed by atoms with Gasteiger partial charge in [0.25, 0.3) is 5.22 Å². The maximum Gasteiger partial charge on any atom is 0.341 e. The Balaban J connectivity index is 1.41. The van der Waals surface area contributed by atoms with Gasteiger partial charge < -0.3 is 14.5 Å². The molecule has 1 unspecified atom stereocenters. The van der Waals surface area contributed by atoms with Crippen molar-refractivity contribution in [3.63, 3.8) is 0 Å². The Hall–Kier alpha value is -2.32. The summed E-state index contributed by atoms with van der Waals surface area (Å²) in [6.45, 7) is 4.32. The SMILES string of the molecule is CCOC(=O)c1c(NC(=O)CCSc2nc3ccccc3o2)sc2c1CCC(C)C2. The number of hydrogen-bond donors (Lipinski definition) is 1. The molecule has 1 aliphatic rings. The molecule has 0 radical (unpaired) electrons. The Morgan fingerprint density at radius 1 is 1.37 bits per heavy atom. The van der Waals surface area contributed by atoms with Gasteiger partial charge in [-0.25, -0.2) is 9.78 Å². The van der Waals surface area contributed by atoms with Crippen LogP contribution >= 0.6 is 23.1 Å². The van der Waals surface area contributed by atoms with E-state index in [1.54, 1.807) is 6.92 Å². The normalized spacial score (nSPS) is 15.7. The van der Waals surface area contributed by atoms with Crippen molar-refractivity contribution < 1.29 is 18.7 Å². The molecule has 1 aromatic carbocycles. The summed E-state index contributed by atoms with van der Waals surface area (Å²) < 4.78 is 10.9. The number of thiophene rings is 1. The molecule has 0 bridgehead atoms. The van der Waals surface area contributed by atoms with Crippen molar-refractivity contribution in [2.75, 3.05) is 17.7 Å². The van der Waals surface area contributed by atoms with Gasteiger partial charge in [0, 0.05) is 17.1 Å². The molecule has 0 saturated carbocycles. The summed E-state index contributed by atoms with van der Waals surface area (Å²) in [5.74, 6) is 0.647. The number of fused-ring (bicyclic) bond motifs is 2. The van der Waals surface area contributed by atoms with Crippen LogP contribution in [0, 0.1) is 5.92 Å². The minimum Gasteiger partial charge on any atom is -0.462 e. The van der Waals surface area contributed by atoms with Gasteiger partial charge in [0.2, 0.25) is 5.91 Å². The number of nitrogens with zero attached hydrogens (tertiary/aromatic N) is 1. The molecule has 2 aromatic heterocycles. The number of ether oxygens (including phenoxy) is 1. The molecule has 8 heteroatoms. The van der Waals surface area contributed by atoms with E-state index in [1.165, 1.54) is 28.0 Å². The zero-order chi connectivity index (χ0) is 21.1. The highest BCUT2D eigenvalue weighted by atomic mass is 32.2. The van der Waals surface area contributed by atoms with Crippen LogP contribution in [0.25, 0.3) is 11.1 Å². The van der Waals surface area contributed by atoms with Crippen LogP contribution in [-0.4, -0.2) is 29.2 Å². The summed E-state index contributed by atoms with van der Waals surface area (Å²) in [6, 6.07) is 7.58. The second-order valence-corrected chi connectivity index (χ2v) is 9.52. The van der Waals surface area contributed by atoms with Crippen molar-refractivity contribution in [3.05, 3.63) is 40.3 Å². The summed E-state index contributed by atoms with van der Waals surface area (Å²) in [5, 5.41) is 4.12. The maximum atomic E-state index is 12.6. The molecule has 0 spiro atoms. The lowest BCUT2D eigenvalue weighted by Crippen LogP contribution is -2.16. The molecular formula is C22H24N2O4S2. The molecule has 30 heavy (non-hydrogen) atoms. The van der Waals surface area contributed by atoms with Crippen LogP contribution in [0.1, 0.15) is 47.5 Å². The standard InChI is InChI=1S/C22H24N2O4S2/c1-3-27-21(26)19-14-9-8-13(2)12-17(14)30-20(19)24-18(25)10-11-29-22-23-15-6-4-5-7-16(15)28-22/h4-7,13H,3,8-12H2,1-2H3,(H,24,25). The molecule has 1 aliphatic carbocycles. The highest BCUT2D eigenvalue weighted by molar-refractivity contribution is 7.99. The molecule has 1 N–H and O–H groups in total. The summed E-state index contributed by atoms with van der Waals surface area (Å²) in [5.41, 5.74) is 3.14. The largest absolute Gasteiger partial charge is 0.462 e. The fraction of sp³-hybridized carbons (Fsp3) is 0.409. The molecule has 4 rings (SSSR count). The Morgan fingerprint density at radius 3 is 3.00 bits per heavy atom. The Bertz CT molecular complexity index is 1040. The van der Waals surface area contributed by atoms with Crippen LogP contribution in [-0.2, 0) is 22.4 Å². The van der Waals surface area contributed by atoms with E-state index in [0.717, 1.165) is 35.9 Å². The first-order chi connectivity index (χ1) is 14.5. The second-order valence-electron chi connectivity index (χ2n) is 7.37. The van der Waals surface area contributed by atoms with Gasteiger partial charge in [-0.1, -0.05) is 30.8 Å². The molecule has 2 heterocycles. The number of anilines is 1. The van der Waals surface area contributed by atoms with Crippen LogP contribution in [0.15, 0.2) is 33.9 Å². The van der Waals surface area contributed by atoms with Crippen molar-refractivity contribution in [1.82, 2.24) is 4.98 Å². The van der Waals surface area contributed by atoms with E-state index in [4.69, 9.17) is 9.15 Å². The van der Waals surface area contributed by atoms with Gasteiger partial charge in [0.1, 0.15) is 10.5 Å². The predicted octanol–water partition coefficient (Wildman–Crippen LogP) is 5.31. The Morgan fingerprint density at radius 2 is 2.20 bits per heavy atom. The van der Waals surface area contributed by atoms with E-state index in [-0.39, 0.29) is 11.9 Å². The number of rotatable bonds is 7. The lowest BCUT2D eigenvalue weighted by Gasteiger charge is -2.18. The molecule has 3 aromatic rings. The van der Waals surface area contributed by atoms with Gasteiger partial charge in [0.15, 0.2) is 5.58 Å². The lowest BCUT2D eigenvalue weighted by atomic mass is 9.88. The zero-order valence-electron chi connectivity index (χ0n) is 17.0. The van der Waals surface area contributed by atoms with E-state index in [2.05, 4.69) is 17.2 Å². The first-order valence-corrected chi connectivity index (χ1v) is 11.9. The number of esters is 1. The average Bonchev–Trinajstić information content (AvgIpc) is 3.28. The number of oxazole rings is 1. The number of aromatic nitrogens is 1. The third-order valence-electron chi connectivity index (χ3n) is 5.07. The third kappa shape index (κ3) is 4.54. The van der Waals surface area contributed by atoms with Crippen molar-refractivity contribution >= 4 is 51.1 Å². The molecule has 6 nitrogen and oxygen atoms in total. The monoisotopic (exact) mass is 444 g/mol. The minimum absolute atomic E-state index is 0.129. The number of carbonyl (C=O) groups excluding carboxylic acids is 2. The first-order valence-electron chi connectivity index (χ1n) is 10.1. The molecule has 158 valence electrons. The van der Waals surface area contributed by atoms with Gasteiger partial charge >= 0.3 is 5.97 Å². The van der Waals surface area contributed by atoms with Crippen LogP contribution in [0.5, 0.6) is 0 Å². The maximum absolute atomic E-state index is 12.6. The number of hydrogen-bond acceptors (Lipinski definition) is 7. The van der Waals surface area contributed by atoms with Crippen LogP contribution < -0.4 is 5.32 Å². The highest BCUT2D eigenvalue weighted by Gasteiger charge is 2.29. The molecule has 0 saturated heterocycles. The lowest BCUT2D eigenvalue weighted by molar-refractivity contribution is -0.115. The smallest absolute Gasteiger partial charge is 0.341 e. The number of para-hydroxylation sites is 2. The van der Waals surface area contributed by atoms with Crippen LogP contribution in [0.4, 0.5) is 5.00 Å². The molecule has 1 amide bonds. The first kappa shape index (κ1) is 20.9. The van der Waals surface area contributed by atoms with E-state index in [9.17, 15) is 9.59 Å². The molecule has 0 fully saturated rings. The number of amides is 1. The Kier molecular flexibility index (Phi) is 6.43. The van der Waals surface area contributed by atoms with E-state index in [1.807, 2.05) is 24.3 Å². The molecule has 0 aliphatic heterocycles. The van der Waals surface area contributed by atoms with Gasteiger partial charge in [-0.05, 0) is 49.8 Å². The van der Waals surface area contributed by atoms with Crippen molar-refractivity contribution in [1.29, 1.82) is 0 Å². The van der Waals surface area contributed by atoms with Gasteiger partial charge in [-0.2, -0.15) is 0 Å². The van der Waals surface area contributed by atoms with Crippen molar-refractivity contribution in [3.8, 4) is 0 Å². The third-order valence-corrected chi connectivity index (χ3v) is 7.07. The van der Waals surface area contributed by atoms with E-state index < -0.39 is 0 Å². The van der Waals surface area contributed by atoms with E-state index >= 15 is 0 Å². The van der Waals surface area contributed by atoms with Gasteiger partial charge in [-0.3, -0.25) is 4.79 Å². The fourth-order valence-electron chi connectivity index (χ4n) is 3.59. The number of benzene rings is 1. The Labute approximate surface area is 183 Å². The number of nitrogens with one attached hydrogen (secondary N) is 1. The van der Waals surface area contributed by atoms with Gasteiger partial charge in [0.05, 0.1) is 12.2 Å². The minimum atomic E-state index is -0.347. The number of thioether (sulfide) groups is 1. The highest BCUT2D eigenvalue weighted by Crippen LogP contribution is 2.40. The quantitative estimate of drug-likeness (QED) is 0.393. The van der Waals surface area contributed by atoms with Gasteiger partial charge in [-0.15, -0.1) is 11.3 Å². The second kappa shape index (κ2) is 9.22. The zero-order valence-corrected chi connectivity index (χ0v) is 18.7. The molecule has 1 atom stereocenters. The summed E-state index contributed by atoms with van der Waals surface area (Å²) in [4.78, 5) is 30.7. The topological polar surface area (TPSA) is 81.4 Å². The summed E-state index contributed by atoms with van der Waals surface area (Å²) >= 11 is 2.92. The van der Waals surface area contributed by atoms with Crippen molar-refractivity contribution in [2.45, 2.75) is 44.8 Å². The van der Waals surface area contributed by atoms with Crippen LogP contribution in [0.3, 0.4) is 0 Å². The molecular weight excluding hydrogens is 420 g/mol. The predicted molar refractivity (Wildman–Crippen MR) is 119 cm³/mol. The van der Waals surface area contributed by atoms with Crippen molar-refractivity contribution in [2.24, 2.45) is 5.92 Å². The summed E-state index contributed by atoms with van der Waals surface area (Å²) in [6.07, 6.45) is 3.13. The summed E-state index contributed by atoms with van der Waals surface area (Å²) in [7, 11) is 0. The van der Waals surface area contributed by atoms with E-state index in [0.29, 0.717) is 40.5 Å².